The van der Waals surface area contributed by atoms with Crippen LogP contribution in [0.5, 0.6) is 0 Å². The smallest absolute Gasteiger partial charge is 0.239 e. The van der Waals surface area contributed by atoms with E-state index in [-0.39, 0.29) is 11.8 Å². The van der Waals surface area contributed by atoms with Gasteiger partial charge in [-0.25, -0.2) is 20.2 Å². The van der Waals surface area contributed by atoms with Crippen LogP contribution < -0.4 is 21.1 Å². The van der Waals surface area contributed by atoms with Gasteiger partial charge in [0.25, 0.3) is 0 Å². The average molecular weight is 295 g/mol. The van der Waals surface area contributed by atoms with E-state index in [0.717, 1.165) is 24.4 Å². The Labute approximate surface area is 119 Å². The van der Waals surface area contributed by atoms with E-state index in [0.29, 0.717) is 13.1 Å². The molecular formula is C11H14FN7S. The zero-order valence-corrected chi connectivity index (χ0v) is 11.5. The molecule has 0 unspecified atom stereocenters. The van der Waals surface area contributed by atoms with E-state index < -0.39 is 5.82 Å². The van der Waals surface area contributed by atoms with E-state index in [4.69, 9.17) is 5.84 Å². The number of nitrogens with one attached hydrogen (secondary N) is 1. The lowest BCUT2D eigenvalue weighted by molar-refractivity contribution is 0.583. The maximum Gasteiger partial charge on any atom is 0.239 e. The summed E-state index contributed by atoms with van der Waals surface area (Å²) in [5, 5.41) is 2.95. The average Bonchev–Trinajstić information content (AvgIpc) is 3.02. The number of piperazine rings is 1. The lowest BCUT2D eigenvalue weighted by atomic mass is 10.3. The molecule has 0 aliphatic carbocycles. The van der Waals surface area contributed by atoms with E-state index in [2.05, 4.69) is 25.3 Å². The molecule has 7 nitrogen and oxygen atoms in total. The van der Waals surface area contributed by atoms with Gasteiger partial charge in [-0.3, -0.25) is 5.43 Å². The first kappa shape index (κ1) is 13.0. The van der Waals surface area contributed by atoms with Gasteiger partial charge in [-0.1, -0.05) is 0 Å². The van der Waals surface area contributed by atoms with Gasteiger partial charge in [0.2, 0.25) is 5.95 Å². The normalized spacial score (nSPS) is 15.5. The Morgan fingerprint density at radius 1 is 1.20 bits per heavy atom. The van der Waals surface area contributed by atoms with Crippen LogP contribution in [-0.2, 0) is 0 Å². The first-order chi connectivity index (χ1) is 9.78. The number of nitrogens with two attached hydrogens (primary N) is 1. The molecule has 0 amide bonds. The number of thiazole rings is 1. The van der Waals surface area contributed by atoms with Crippen LogP contribution in [0.15, 0.2) is 17.8 Å². The van der Waals surface area contributed by atoms with Crippen LogP contribution in [0.25, 0.3) is 0 Å². The predicted molar refractivity (Wildman–Crippen MR) is 76.3 cm³/mol. The number of halogens is 1. The second kappa shape index (κ2) is 5.55. The minimum atomic E-state index is -0.438. The van der Waals surface area contributed by atoms with Crippen molar-refractivity contribution in [2.24, 2.45) is 5.84 Å². The van der Waals surface area contributed by atoms with E-state index in [1.54, 1.807) is 17.5 Å². The topological polar surface area (TPSA) is 83.2 Å². The van der Waals surface area contributed by atoms with E-state index >= 15 is 0 Å². The quantitative estimate of drug-likeness (QED) is 0.636. The lowest BCUT2D eigenvalue weighted by Crippen LogP contribution is -2.47. The second-order valence-corrected chi connectivity index (χ2v) is 5.17. The highest BCUT2D eigenvalue weighted by Gasteiger charge is 2.22. The molecule has 0 saturated carbocycles. The van der Waals surface area contributed by atoms with Gasteiger partial charge in [0.15, 0.2) is 16.8 Å². The van der Waals surface area contributed by atoms with Crippen LogP contribution in [0, 0.1) is 5.82 Å². The number of anilines is 3. The van der Waals surface area contributed by atoms with Gasteiger partial charge in [0.05, 0.1) is 6.20 Å². The van der Waals surface area contributed by atoms with Gasteiger partial charge < -0.3 is 9.80 Å². The fourth-order valence-corrected chi connectivity index (χ4v) is 2.83. The summed E-state index contributed by atoms with van der Waals surface area (Å²) in [6.07, 6.45) is 2.92. The summed E-state index contributed by atoms with van der Waals surface area (Å²) in [6, 6.07) is 0. The van der Waals surface area contributed by atoms with Crippen LogP contribution in [0.2, 0.25) is 0 Å². The fourth-order valence-electron chi connectivity index (χ4n) is 2.13. The van der Waals surface area contributed by atoms with Gasteiger partial charge in [-0.2, -0.15) is 4.98 Å². The molecule has 0 aromatic carbocycles. The zero-order chi connectivity index (χ0) is 13.9. The first-order valence-corrected chi connectivity index (χ1v) is 7.04. The zero-order valence-electron chi connectivity index (χ0n) is 10.7. The fraction of sp³-hybridized carbons (Fsp3) is 0.364. The molecule has 106 valence electrons. The number of hydrogen-bond acceptors (Lipinski definition) is 8. The number of nitrogen functional groups attached to an aromatic ring is 1. The molecule has 3 heterocycles. The largest absolute Gasteiger partial charge is 0.350 e. The van der Waals surface area contributed by atoms with Crippen molar-refractivity contribution in [1.29, 1.82) is 0 Å². The summed E-state index contributed by atoms with van der Waals surface area (Å²) in [6.45, 7) is 2.92. The molecule has 0 atom stereocenters. The maximum atomic E-state index is 13.8. The highest BCUT2D eigenvalue weighted by atomic mass is 32.1. The third-order valence-corrected chi connectivity index (χ3v) is 3.96. The molecule has 3 N–H and O–H groups in total. The SMILES string of the molecule is NNc1ncc(F)c(N2CCN(c3nccs3)CC2)n1. The van der Waals surface area contributed by atoms with Crippen molar-refractivity contribution in [3.63, 3.8) is 0 Å². The van der Waals surface area contributed by atoms with Crippen LogP contribution in [0.1, 0.15) is 0 Å². The van der Waals surface area contributed by atoms with Gasteiger partial charge in [-0.05, 0) is 0 Å². The molecule has 1 aliphatic heterocycles. The number of nitrogens with zero attached hydrogens (tertiary/aromatic N) is 5. The maximum absolute atomic E-state index is 13.8. The number of rotatable bonds is 3. The molecular weight excluding hydrogens is 281 g/mol. The molecule has 9 heteroatoms. The van der Waals surface area contributed by atoms with Crippen molar-refractivity contribution < 1.29 is 4.39 Å². The minimum Gasteiger partial charge on any atom is -0.350 e. The molecule has 20 heavy (non-hydrogen) atoms. The van der Waals surface area contributed by atoms with Gasteiger partial charge in [-0.15, -0.1) is 11.3 Å². The van der Waals surface area contributed by atoms with Crippen LogP contribution in [0.3, 0.4) is 0 Å². The predicted octanol–water partition coefficient (Wildman–Crippen LogP) is 0.684. The Bertz CT molecular complexity index is 568. The van der Waals surface area contributed by atoms with E-state index in [1.165, 1.54) is 0 Å². The van der Waals surface area contributed by atoms with Crippen molar-refractivity contribution in [3.8, 4) is 0 Å². The Balaban J connectivity index is 1.72. The summed E-state index contributed by atoms with van der Waals surface area (Å²) < 4.78 is 13.8. The van der Waals surface area contributed by atoms with E-state index in [9.17, 15) is 4.39 Å². The molecule has 3 rings (SSSR count). The summed E-state index contributed by atoms with van der Waals surface area (Å²) in [5.41, 5.74) is 2.33. The molecule has 2 aromatic rings. The first-order valence-electron chi connectivity index (χ1n) is 6.16. The van der Waals surface area contributed by atoms with Crippen LogP contribution in [-0.4, -0.2) is 41.1 Å². The van der Waals surface area contributed by atoms with E-state index in [1.807, 2.05) is 10.3 Å². The third-order valence-electron chi connectivity index (χ3n) is 3.12. The summed E-state index contributed by atoms with van der Waals surface area (Å²) in [4.78, 5) is 16.2. The van der Waals surface area contributed by atoms with Crippen molar-refractivity contribution >= 4 is 28.2 Å². The molecule has 1 fully saturated rings. The third kappa shape index (κ3) is 2.49. The van der Waals surface area contributed by atoms with Crippen LogP contribution >= 0.6 is 11.3 Å². The highest BCUT2D eigenvalue weighted by molar-refractivity contribution is 7.13. The van der Waals surface area contributed by atoms with Crippen molar-refractivity contribution in [2.45, 2.75) is 0 Å². The Kier molecular flexibility index (Phi) is 3.61. The Morgan fingerprint density at radius 3 is 2.60 bits per heavy atom. The van der Waals surface area contributed by atoms with Crippen molar-refractivity contribution in [2.75, 3.05) is 41.4 Å². The highest BCUT2D eigenvalue weighted by Crippen LogP contribution is 2.22. The summed E-state index contributed by atoms with van der Waals surface area (Å²) in [7, 11) is 0. The molecule has 2 aromatic heterocycles. The minimum absolute atomic E-state index is 0.212. The number of hydrazine groups is 1. The summed E-state index contributed by atoms with van der Waals surface area (Å²) >= 11 is 1.61. The Hall–Kier alpha value is -2.00. The second-order valence-electron chi connectivity index (χ2n) is 4.30. The van der Waals surface area contributed by atoms with Crippen LogP contribution in [0.4, 0.5) is 21.3 Å². The molecule has 0 bridgehead atoms. The number of aromatic nitrogens is 3. The van der Waals surface area contributed by atoms with Gasteiger partial charge in [0, 0.05) is 37.8 Å². The molecule has 1 saturated heterocycles. The monoisotopic (exact) mass is 295 g/mol. The number of hydrogen-bond donors (Lipinski definition) is 2. The lowest BCUT2D eigenvalue weighted by Gasteiger charge is -2.35. The van der Waals surface area contributed by atoms with Crippen molar-refractivity contribution in [3.05, 3.63) is 23.6 Å². The van der Waals surface area contributed by atoms with Gasteiger partial charge in [0.1, 0.15) is 0 Å². The molecule has 0 radical (unpaired) electrons. The van der Waals surface area contributed by atoms with Gasteiger partial charge >= 0.3 is 0 Å². The Morgan fingerprint density at radius 2 is 1.95 bits per heavy atom. The molecule has 0 spiro atoms. The van der Waals surface area contributed by atoms with Crippen molar-refractivity contribution in [1.82, 2.24) is 15.0 Å². The standard InChI is InChI=1S/C11H14FN7S/c12-8-7-15-10(17-13)16-9(8)18-2-4-19(5-3-18)11-14-1-6-20-11/h1,6-7H,2-5,13H2,(H,15,16,17). The summed E-state index contributed by atoms with van der Waals surface area (Å²) in [5.74, 6) is 5.31. The molecule has 1 aliphatic rings.